The zero-order chi connectivity index (χ0) is 11.2. The van der Waals surface area contributed by atoms with E-state index in [2.05, 4.69) is 6.92 Å². The number of carbonyl (C=O) groups is 1. The Morgan fingerprint density at radius 2 is 1.86 bits per heavy atom. The lowest BCUT2D eigenvalue weighted by atomic mass is 9.85. The molecule has 0 N–H and O–H groups in total. The van der Waals surface area contributed by atoms with Crippen molar-refractivity contribution in [2.45, 2.75) is 59.5 Å². The van der Waals surface area contributed by atoms with E-state index in [0.29, 0.717) is 6.42 Å². The predicted octanol–water partition coefficient (Wildman–Crippen LogP) is 3.20. The molecule has 1 atom stereocenters. The smallest absolute Gasteiger partial charge is 0.162 e. The molecule has 0 aliphatic heterocycles. The standard InChI is InChI=1S/C12H24O2/c1-6-7-8-9-10(13)11(14-5)12(2,3)4/h11H,6-9H2,1-5H3. The third-order valence-electron chi connectivity index (χ3n) is 2.34. The van der Waals surface area contributed by atoms with E-state index in [4.69, 9.17) is 4.74 Å². The van der Waals surface area contributed by atoms with Crippen LogP contribution in [0.3, 0.4) is 0 Å². The summed E-state index contributed by atoms with van der Waals surface area (Å²) in [6, 6.07) is 0. The molecule has 0 bridgehead atoms. The van der Waals surface area contributed by atoms with Crippen LogP contribution in [0.15, 0.2) is 0 Å². The number of hydrogen-bond donors (Lipinski definition) is 0. The van der Waals surface area contributed by atoms with E-state index >= 15 is 0 Å². The van der Waals surface area contributed by atoms with Crippen LogP contribution in [0, 0.1) is 5.41 Å². The second kappa shape index (κ2) is 6.18. The highest BCUT2D eigenvalue weighted by Gasteiger charge is 2.30. The van der Waals surface area contributed by atoms with Gasteiger partial charge in [0.1, 0.15) is 6.10 Å². The number of carbonyl (C=O) groups excluding carboxylic acids is 1. The molecule has 0 aliphatic carbocycles. The van der Waals surface area contributed by atoms with E-state index in [-0.39, 0.29) is 17.3 Å². The first-order valence-corrected chi connectivity index (χ1v) is 5.49. The Morgan fingerprint density at radius 3 is 2.21 bits per heavy atom. The van der Waals surface area contributed by atoms with Crippen molar-refractivity contribution in [2.75, 3.05) is 7.11 Å². The maximum absolute atomic E-state index is 11.8. The summed E-state index contributed by atoms with van der Waals surface area (Å²) < 4.78 is 5.26. The van der Waals surface area contributed by atoms with Crippen molar-refractivity contribution in [1.29, 1.82) is 0 Å². The Bertz CT molecular complexity index is 168. The van der Waals surface area contributed by atoms with Crippen molar-refractivity contribution >= 4 is 5.78 Å². The summed E-state index contributed by atoms with van der Waals surface area (Å²) in [5, 5.41) is 0. The molecule has 0 heterocycles. The number of hydrogen-bond acceptors (Lipinski definition) is 2. The van der Waals surface area contributed by atoms with Crippen LogP contribution < -0.4 is 0 Å². The van der Waals surface area contributed by atoms with Gasteiger partial charge in [0, 0.05) is 13.5 Å². The number of Topliss-reactive ketones (excluding diaryl/α,β-unsaturated/α-hetero) is 1. The third kappa shape index (κ3) is 4.75. The molecule has 0 radical (unpaired) electrons. The third-order valence-corrected chi connectivity index (χ3v) is 2.34. The molecule has 0 spiro atoms. The molecule has 0 fully saturated rings. The lowest BCUT2D eigenvalue weighted by Gasteiger charge is -2.28. The van der Waals surface area contributed by atoms with Crippen molar-refractivity contribution in [3.63, 3.8) is 0 Å². The summed E-state index contributed by atoms with van der Waals surface area (Å²) in [6.45, 7) is 8.26. The van der Waals surface area contributed by atoms with Gasteiger partial charge in [0.25, 0.3) is 0 Å². The van der Waals surface area contributed by atoms with Gasteiger partial charge < -0.3 is 4.74 Å². The van der Waals surface area contributed by atoms with Crippen LogP contribution in [0.25, 0.3) is 0 Å². The van der Waals surface area contributed by atoms with Crippen molar-refractivity contribution in [2.24, 2.45) is 5.41 Å². The number of unbranched alkanes of at least 4 members (excludes halogenated alkanes) is 2. The van der Waals surface area contributed by atoms with Gasteiger partial charge in [-0.2, -0.15) is 0 Å². The Kier molecular flexibility index (Phi) is 6.01. The first-order chi connectivity index (χ1) is 6.43. The molecule has 14 heavy (non-hydrogen) atoms. The molecular formula is C12H24O2. The van der Waals surface area contributed by atoms with Gasteiger partial charge in [0.15, 0.2) is 5.78 Å². The van der Waals surface area contributed by atoms with Gasteiger partial charge in [0.2, 0.25) is 0 Å². The van der Waals surface area contributed by atoms with Crippen LogP contribution in [0.1, 0.15) is 53.4 Å². The highest BCUT2D eigenvalue weighted by Crippen LogP contribution is 2.24. The van der Waals surface area contributed by atoms with Crippen LogP contribution in [0.4, 0.5) is 0 Å². The maximum Gasteiger partial charge on any atom is 0.162 e. The van der Waals surface area contributed by atoms with Gasteiger partial charge >= 0.3 is 0 Å². The first kappa shape index (κ1) is 13.6. The monoisotopic (exact) mass is 200 g/mol. The Morgan fingerprint density at radius 1 is 1.29 bits per heavy atom. The minimum atomic E-state index is -0.251. The quantitative estimate of drug-likeness (QED) is 0.615. The van der Waals surface area contributed by atoms with E-state index in [1.54, 1.807) is 7.11 Å². The minimum Gasteiger partial charge on any atom is -0.373 e. The normalized spacial score (nSPS) is 14.1. The van der Waals surface area contributed by atoms with Crippen molar-refractivity contribution in [1.82, 2.24) is 0 Å². The largest absolute Gasteiger partial charge is 0.373 e. The molecule has 0 aromatic rings. The average molecular weight is 200 g/mol. The molecule has 0 saturated carbocycles. The van der Waals surface area contributed by atoms with E-state index in [9.17, 15) is 4.79 Å². The summed E-state index contributed by atoms with van der Waals surface area (Å²) in [5.74, 6) is 0.244. The SMILES string of the molecule is CCCCCC(=O)C(OC)C(C)(C)C. The van der Waals surface area contributed by atoms with Crippen molar-refractivity contribution < 1.29 is 9.53 Å². The van der Waals surface area contributed by atoms with E-state index in [0.717, 1.165) is 19.3 Å². The molecule has 0 amide bonds. The van der Waals surface area contributed by atoms with Gasteiger partial charge in [-0.25, -0.2) is 0 Å². The molecule has 0 aromatic carbocycles. The molecule has 1 unspecified atom stereocenters. The van der Waals surface area contributed by atoms with E-state index < -0.39 is 0 Å². The Labute approximate surface area is 88.0 Å². The molecule has 0 saturated heterocycles. The lowest BCUT2D eigenvalue weighted by Crippen LogP contribution is -2.36. The predicted molar refractivity (Wildman–Crippen MR) is 59.4 cm³/mol. The molecule has 84 valence electrons. The van der Waals surface area contributed by atoms with Crippen LogP contribution in [-0.4, -0.2) is 19.0 Å². The fourth-order valence-corrected chi connectivity index (χ4v) is 1.65. The number of ketones is 1. The first-order valence-electron chi connectivity index (χ1n) is 5.49. The van der Waals surface area contributed by atoms with Gasteiger partial charge in [0.05, 0.1) is 0 Å². The highest BCUT2D eigenvalue weighted by molar-refractivity contribution is 5.83. The van der Waals surface area contributed by atoms with E-state index in [1.165, 1.54) is 0 Å². The summed E-state index contributed by atoms with van der Waals surface area (Å²) in [5.41, 5.74) is -0.0853. The average Bonchev–Trinajstić information content (AvgIpc) is 2.03. The molecule has 0 rings (SSSR count). The number of ether oxygens (including phenoxy) is 1. The minimum absolute atomic E-state index is 0.0853. The van der Waals surface area contributed by atoms with Crippen LogP contribution >= 0.6 is 0 Å². The number of methoxy groups -OCH3 is 1. The summed E-state index contributed by atoms with van der Waals surface area (Å²) in [7, 11) is 1.62. The van der Waals surface area contributed by atoms with Crippen molar-refractivity contribution in [3.05, 3.63) is 0 Å². The van der Waals surface area contributed by atoms with Gasteiger partial charge in [-0.1, -0.05) is 40.5 Å². The topological polar surface area (TPSA) is 26.3 Å². The van der Waals surface area contributed by atoms with Crippen LogP contribution in [0.5, 0.6) is 0 Å². The molecule has 2 nitrogen and oxygen atoms in total. The second-order valence-electron chi connectivity index (χ2n) is 4.91. The summed E-state index contributed by atoms with van der Waals surface area (Å²) in [4.78, 5) is 11.8. The Balaban J connectivity index is 4.06. The molecular weight excluding hydrogens is 176 g/mol. The maximum atomic E-state index is 11.8. The number of rotatable bonds is 6. The Hall–Kier alpha value is -0.370. The summed E-state index contributed by atoms with van der Waals surface area (Å²) in [6.07, 6.45) is 3.68. The van der Waals surface area contributed by atoms with Crippen molar-refractivity contribution in [3.8, 4) is 0 Å². The van der Waals surface area contributed by atoms with Gasteiger partial charge in [-0.3, -0.25) is 4.79 Å². The molecule has 0 aliphatic rings. The van der Waals surface area contributed by atoms with Gasteiger partial charge in [-0.15, -0.1) is 0 Å². The van der Waals surface area contributed by atoms with E-state index in [1.807, 2.05) is 20.8 Å². The van der Waals surface area contributed by atoms with Crippen LogP contribution in [-0.2, 0) is 9.53 Å². The summed E-state index contributed by atoms with van der Waals surface area (Å²) >= 11 is 0. The molecule has 0 aromatic heterocycles. The lowest BCUT2D eigenvalue weighted by molar-refractivity contribution is -0.135. The highest BCUT2D eigenvalue weighted by atomic mass is 16.5. The van der Waals surface area contributed by atoms with Crippen LogP contribution in [0.2, 0.25) is 0 Å². The fraction of sp³-hybridized carbons (Fsp3) is 0.917. The second-order valence-corrected chi connectivity index (χ2v) is 4.91. The van der Waals surface area contributed by atoms with Gasteiger partial charge in [-0.05, 0) is 11.8 Å². The molecule has 2 heteroatoms. The fourth-order valence-electron chi connectivity index (χ4n) is 1.65. The zero-order valence-electron chi connectivity index (χ0n) is 10.2. The zero-order valence-corrected chi connectivity index (χ0v) is 10.2.